The van der Waals surface area contributed by atoms with Gasteiger partial charge in [0.25, 0.3) is 0 Å². The zero-order valence-electron chi connectivity index (χ0n) is 14.7. The molecular formula is C19H23ClN2O3. The number of halogens is 1. The molecular weight excluding hydrogens is 340 g/mol. The molecule has 6 heteroatoms. The summed E-state index contributed by atoms with van der Waals surface area (Å²) in [6.07, 6.45) is 0. The highest BCUT2D eigenvalue weighted by molar-refractivity contribution is 6.30. The zero-order chi connectivity index (χ0) is 18.2. The van der Waals surface area contributed by atoms with Crippen LogP contribution in [0.1, 0.15) is 11.1 Å². The van der Waals surface area contributed by atoms with E-state index in [0.717, 1.165) is 11.1 Å². The number of ether oxygens (including phenoxy) is 2. The van der Waals surface area contributed by atoms with Gasteiger partial charge < -0.3 is 14.8 Å². The summed E-state index contributed by atoms with van der Waals surface area (Å²) < 4.78 is 10.5. The lowest BCUT2D eigenvalue weighted by atomic mass is 10.2. The van der Waals surface area contributed by atoms with Crippen LogP contribution in [-0.4, -0.2) is 38.6 Å². The molecule has 2 aromatic rings. The van der Waals surface area contributed by atoms with Gasteiger partial charge in [0.15, 0.2) is 11.5 Å². The number of hydrogen-bond acceptors (Lipinski definition) is 4. The first-order valence-electron chi connectivity index (χ1n) is 7.92. The average Bonchev–Trinajstić information content (AvgIpc) is 2.59. The molecule has 0 spiro atoms. The lowest BCUT2D eigenvalue weighted by molar-refractivity contribution is -0.122. The van der Waals surface area contributed by atoms with Gasteiger partial charge in [0.05, 0.1) is 20.8 Å². The Bertz CT molecular complexity index is 722. The van der Waals surface area contributed by atoms with Crippen LogP contribution in [0.25, 0.3) is 0 Å². The molecule has 0 aromatic heterocycles. The normalized spacial score (nSPS) is 10.6. The molecule has 1 amide bonds. The number of nitrogens with zero attached hydrogens (tertiary/aromatic N) is 1. The lowest BCUT2D eigenvalue weighted by Crippen LogP contribution is -2.34. The van der Waals surface area contributed by atoms with Crippen molar-refractivity contribution in [3.05, 3.63) is 58.6 Å². The van der Waals surface area contributed by atoms with Crippen LogP contribution in [-0.2, 0) is 17.9 Å². The van der Waals surface area contributed by atoms with Crippen molar-refractivity contribution in [2.24, 2.45) is 0 Å². The third-order valence-electron chi connectivity index (χ3n) is 3.69. The standard InChI is InChI=1S/C19H23ClN2O3/c1-22(12-15-5-4-6-16(20)9-15)13-19(23)21-11-14-7-8-17(24-2)18(10-14)25-3/h4-10H,11-13H2,1-3H3,(H,21,23). The molecule has 0 aliphatic carbocycles. The molecule has 0 bridgehead atoms. The molecule has 0 fully saturated rings. The fourth-order valence-corrected chi connectivity index (χ4v) is 2.71. The van der Waals surface area contributed by atoms with Gasteiger partial charge in [-0.25, -0.2) is 0 Å². The summed E-state index contributed by atoms with van der Waals surface area (Å²) in [6.45, 7) is 1.40. The van der Waals surface area contributed by atoms with Crippen molar-refractivity contribution < 1.29 is 14.3 Å². The molecule has 0 saturated carbocycles. The monoisotopic (exact) mass is 362 g/mol. The van der Waals surface area contributed by atoms with Crippen LogP contribution in [0.5, 0.6) is 11.5 Å². The summed E-state index contributed by atoms with van der Waals surface area (Å²) in [5, 5.41) is 3.61. The Morgan fingerprint density at radius 3 is 2.52 bits per heavy atom. The first-order valence-corrected chi connectivity index (χ1v) is 8.30. The maximum Gasteiger partial charge on any atom is 0.234 e. The van der Waals surface area contributed by atoms with E-state index < -0.39 is 0 Å². The Labute approximate surface area is 153 Å². The molecule has 2 aromatic carbocycles. The van der Waals surface area contributed by atoms with Crippen LogP contribution in [0, 0.1) is 0 Å². The lowest BCUT2D eigenvalue weighted by Gasteiger charge is -2.17. The highest BCUT2D eigenvalue weighted by atomic mass is 35.5. The summed E-state index contributed by atoms with van der Waals surface area (Å²) in [4.78, 5) is 14.1. The summed E-state index contributed by atoms with van der Waals surface area (Å²) in [5.74, 6) is 1.27. The van der Waals surface area contributed by atoms with Crippen molar-refractivity contribution in [3.8, 4) is 11.5 Å². The number of amides is 1. The van der Waals surface area contributed by atoms with Gasteiger partial charge in [-0.05, 0) is 42.4 Å². The number of likely N-dealkylation sites (N-methyl/N-ethyl adjacent to an activating group) is 1. The summed E-state index contributed by atoms with van der Waals surface area (Å²) >= 11 is 5.98. The van der Waals surface area contributed by atoms with E-state index in [1.54, 1.807) is 14.2 Å². The Morgan fingerprint density at radius 1 is 1.08 bits per heavy atom. The fourth-order valence-electron chi connectivity index (χ4n) is 2.50. The van der Waals surface area contributed by atoms with Crippen molar-refractivity contribution in [2.75, 3.05) is 27.8 Å². The SMILES string of the molecule is COc1ccc(CNC(=O)CN(C)Cc2cccc(Cl)c2)cc1OC. The quantitative estimate of drug-likeness (QED) is 0.784. The van der Waals surface area contributed by atoms with Crippen molar-refractivity contribution in [2.45, 2.75) is 13.1 Å². The first-order chi connectivity index (χ1) is 12.0. The van der Waals surface area contributed by atoms with E-state index in [1.165, 1.54) is 0 Å². The molecule has 0 unspecified atom stereocenters. The second-order valence-electron chi connectivity index (χ2n) is 5.77. The third kappa shape index (κ3) is 5.96. The molecule has 0 atom stereocenters. The smallest absolute Gasteiger partial charge is 0.234 e. The van der Waals surface area contributed by atoms with Crippen LogP contribution < -0.4 is 14.8 Å². The van der Waals surface area contributed by atoms with E-state index in [-0.39, 0.29) is 5.91 Å². The van der Waals surface area contributed by atoms with Gasteiger partial charge in [0.1, 0.15) is 0 Å². The average molecular weight is 363 g/mol. The molecule has 5 nitrogen and oxygen atoms in total. The summed E-state index contributed by atoms with van der Waals surface area (Å²) in [5.41, 5.74) is 2.02. The highest BCUT2D eigenvalue weighted by Gasteiger charge is 2.09. The van der Waals surface area contributed by atoms with Gasteiger partial charge in [0, 0.05) is 18.1 Å². The number of nitrogens with one attached hydrogen (secondary N) is 1. The van der Waals surface area contributed by atoms with Gasteiger partial charge in [-0.15, -0.1) is 0 Å². The number of carbonyl (C=O) groups excluding carboxylic acids is 1. The number of benzene rings is 2. The fraction of sp³-hybridized carbons (Fsp3) is 0.316. The third-order valence-corrected chi connectivity index (χ3v) is 3.93. The number of methoxy groups -OCH3 is 2. The molecule has 0 saturated heterocycles. The Hall–Kier alpha value is -2.24. The van der Waals surface area contributed by atoms with E-state index >= 15 is 0 Å². The predicted octanol–water partition coefficient (Wildman–Crippen LogP) is 3.11. The Morgan fingerprint density at radius 2 is 1.84 bits per heavy atom. The topological polar surface area (TPSA) is 50.8 Å². The number of rotatable bonds is 8. The van der Waals surface area contributed by atoms with Gasteiger partial charge in [0.2, 0.25) is 5.91 Å². The largest absolute Gasteiger partial charge is 0.493 e. The van der Waals surface area contributed by atoms with Gasteiger partial charge in [-0.3, -0.25) is 9.69 Å². The van der Waals surface area contributed by atoms with Crippen molar-refractivity contribution in [3.63, 3.8) is 0 Å². The van der Waals surface area contributed by atoms with Gasteiger partial charge in [-0.2, -0.15) is 0 Å². The number of hydrogen-bond donors (Lipinski definition) is 1. The maximum atomic E-state index is 12.1. The van der Waals surface area contributed by atoms with Crippen LogP contribution in [0.15, 0.2) is 42.5 Å². The minimum absolute atomic E-state index is 0.0423. The summed E-state index contributed by atoms with van der Waals surface area (Å²) in [7, 11) is 5.08. The molecule has 0 heterocycles. The molecule has 25 heavy (non-hydrogen) atoms. The van der Waals surface area contributed by atoms with Crippen LogP contribution in [0.2, 0.25) is 5.02 Å². The minimum Gasteiger partial charge on any atom is -0.493 e. The highest BCUT2D eigenvalue weighted by Crippen LogP contribution is 2.27. The second kappa shape index (κ2) is 9.30. The van der Waals surface area contributed by atoms with E-state index in [2.05, 4.69) is 5.32 Å². The van der Waals surface area contributed by atoms with E-state index in [4.69, 9.17) is 21.1 Å². The Kier molecular flexibility index (Phi) is 7.10. The Balaban J connectivity index is 1.84. The van der Waals surface area contributed by atoms with Crippen LogP contribution >= 0.6 is 11.6 Å². The summed E-state index contributed by atoms with van der Waals surface area (Å²) in [6, 6.07) is 13.2. The maximum absolute atomic E-state index is 12.1. The molecule has 134 valence electrons. The van der Waals surface area contributed by atoms with Crippen LogP contribution in [0.4, 0.5) is 0 Å². The van der Waals surface area contributed by atoms with Crippen LogP contribution in [0.3, 0.4) is 0 Å². The molecule has 1 N–H and O–H groups in total. The zero-order valence-corrected chi connectivity index (χ0v) is 15.5. The number of carbonyl (C=O) groups is 1. The van der Waals surface area contributed by atoms with Gasteiger partial charge >= 0.3 is 0 Å². The van der Waals surface area contributed by atoms with Gasteiger partial charge in [-0.1, -0.05) is 29.8 Å². The second-order valence-corrected chi connectivity index (χ2v) is 6.20. The molecule has 0 aliphatic rings. The first kappa shape index (κ1) is 19.1. The van der Waals surface area contributed by atoms with Crippen molar-refractivity contribution in [1.29, 1.82) is 0 Å². The predicted molar refractivity (Wildman–Crippen MR) is 99.2 cm³/mol. The van der Waals surface area contributed by atoms with E-state index in [9.17, 15) is 4.79 Å². The van der Waals surface area contributed by atoms with E-state index in [1.807, 2.05) is 54.4 Å². The van der Waals surface area contributed by atoms with Crippen molar-refractivity contribution >= 4 is 17.5 Å². The van der Waals surface area contributed by atoms with E-state index in [0.29, 0.717) is 36.2 Å². The molecule has 0 radical (unpaired) electrons. The molecule has 0 aliphatic heterocycles. The minimum atomic E-state index is -0.0423. The molecule has 2 rings (SSSR count). The van der Waals surface area contributed by atoms with Crippen molar-refractivity contribution in [1.82, 2.24) is 10.2 Å².